The van der Waals surface area contributed by atoms with E-state index in [1.165, 1.54) is 6.42 Å². The Balaban J connectivity index is 1.53. The van der Waals surface area contributed by atoms with Crippen molar-refractivity contribution in [3.63, 3.8) is 0 Å². The van der Waals surface area contributed by atoms with Crippen molar-refractivity contribution < 1.29 is 0 Å². The molecule has 0 saturated carbocycles. The van der Waals surface area contributed by atoms with Gasteiger partial charge in [0.2, 0.25) is 0 Å². The second-order valence-electron chi connectivity index (χ2n) is 5.95. The van der Waals surface area contributed by atoms with E-state index in [2.05, 4.69) is 26.3 Å². The highest BCUT2D eigenvalue weighted by Crippen LogP contribution is 2.25. The highest BCUT2D eigenvalue weighted by molar-refractivity contribution is 6.31. The van der Waals surface area contributed by atoms with Gasteiger partial charge in [-0.2, -0.15) is 0 Å². The Bertz CT molecular complexity index is 803. The minimum Gasteiger partial charge on any atom is -0.356 e. The fourth-order valence-corrected chi connectivity index (χ4v) is 3.33. The van der Waals surface area contributed by atoms with Crippen LogP contribution < -0.4 is 4.90 Å². The maximum atomic E-state index is 5.98. The summed E-state index contributed by atoms with van der Waals surface area (Å²) >= 11 is 5.98. The average Bonchev–Trinajstić information content (AvgIpc) is 3.07. The molecule has 0 radical (unpaired) electrons. The minimum absolute atomic E-state index is 0.557. The van der Waals surface area contributed by atoms with Crippen molar-refractivity contribution in [2.45, 2.75) is 19.4 Å². The van der Waals surface area contributed by atoms with Gasteiger partial charge in [0.1, 0.15) is 5.82 Å². The zero-order valence-electron chi connectivity index (χ0n) is 12.6. The number of hydrogen-bond donors (Lipinski definition) is 0. The molecule has 0 aliphatic carbocycles. The van der Waals surface area contributed by atoms with Crippen molar-refractivity contribution in [1.29, 1.82) is 0 Å². The largest absolute Gasteiger partial charge is 0.356 e. The van der Waals surface area contributed by atoms with Gasteiger partial charge in [-0.05, 0) is 37.0 Å². The monoisotopic (exact) mass is 328 g/mol. The summed E-state index contributed by atoms with van der Waals surface area (Å²) in [5.74, 6) is 1.54. The molecule has 118 valence electrons. The molecule has 0 aromatic carbocycles. The van der Waals surface area contributed by atoms with Crippen LogP contribution in [0.4, 0.5) is 5.82 Å². The molecule has 1 aliphatic rings. The molecule has 1 aliphatic heterocycles. The van der Waals surface area contributed by atoms with Crippen molar-refractivity contribution >= 4 is 28.5 Å². The predicted octanol–water partition coefficient (Wildman–Crippen LogP) is 2.79. The van der Waals surface area contributed by atoms with E-state index in [4.69, 9.17) is 16.6 Å². The normalized spacial score (nSPS) is 18.5. The third-order valence-electron chi connectivity index (χ3n) is 4.25. The number of aromatic nitrogens is 5. The Labute approximate surface area is 139 Å². The van der Waals surface area contributed by atoms with Crippen molar-refractivity contribution in [2.75, 3.05) is 18.0 Å². The van der Waals surface area contributed by atoms with Crippen molar-refractivity contribution in [1.82, 2.24) is 25.0 Å². The first-order chi connectivity index (χ1) is 11.3. The lowest BCUT2D eigenvalue weighted by molar-refractivity contribution is 0.347. The van der Waals surface area contributed by atoms with Crippen LogP contribution in [-0.4, -0.2) is 38.1 Å². The van der Waals surface area contributed by atoms with Crippen LogP contribution in [0.25, 0.3) is 11.0 Å². The second-order valence-corrected chi connectivity index (χ2v) is 6.39. The predicted molar refractivity (Wildman–Crippen MR) is 89.5 cm³/mol. The fourth-order valence-electron chi connectivity index (χ4n) is 3.17. The summed E-state index contributed by atoms with van der Waals surface area (Å²) in [6, 6.07) is 5.99. The van der Waals surface area contributed by atoms with Crippen LogP contribution in [0.5, 0.6) is 0 Å². The zero-order chi connectivity index (χ0) is 15.6. The quantitative estimate of drug-likeness (QED) is 0.740. The molecule has 0 amide bonds. The van der Waals surface area contributed by atoms with E-state index in [0.717, 1.165) is 42.9 Å². The third-order valence-corrected chi connectivity index (χ3v) is 4.46. The molecule has 6 nitrogen and oxygen atoms in total. The number of hydrogen-bond acceptors (Lipinski definition) is 5. The topological polar surface area (TPSA) is 59.7 Å². The summed E-state index contributed by atoms with van der Waals surface area (Å²) in [5, 5.41) is 9.55. The molecule has 0 N–H and O–H groups in total. The van der Waals surface area contributed by atoms with E-state index in [1.807, 2.05) is 23.0 Å². The van der Waals surface area contributed by atoms with Gasteiger partial charge >= 0.3 is 0 Å². The van der Waals surface area contributed by atoms with Gasteiger partial charge in [0.25, 0.3) is 0 Å². The van der Waals surface area contributed by atoms with Crippen LogP contribution >= 0.6 is 11.6 Å². The zero-order valence-corrected chi connectivity index (χ0v) is 13.4. The van der Waals surface area contributed by atoms with Gasteiger partial charge in [-0.3, -0.25) is 4.68 Å². The number of halogens is 1. The molecule has 4 heterocycles. The first kappa shape index (κ1) is 14.4. The average molecular weight is 329 g/mol. The van der Waals surface area contributed by atoms with Crippen LogP contribution in [0.1, 0.15) is 12.8 Å². The molecule has 0 spiro atoms. The van der Waals surface area contributed by atoms with E-state index >= 15 is 0 Å². The molecule has 1 saturated heterocycles. The molecule has 7 heteroatoms. The lowest BCUT2D eigenvalue weighted by Gasteiger charge is -2.33. The van der Waals surface area contributed by atoms with E-state index in [0.29, 0.717) is 10.9 Å². The van der Waals surface area contributed by atoms with Crippen LogP contribution in [0.15, 0.2) is 36.8 Å². The van der Waals surface area contributed by atoms with Gasteiger partial charge in [0.15, 0.2) is 5.65 Å². The highest BCUT2D eigenvalue weighted by Gasteiger charge is 2.21. The molecule has 1 fully saturated rings. The van der Waals surface area contributed by atoms with Gasteiger partial charge in [-0.25, -0.2) is 9.97 Å². The van der Waals surface area contributed by atoms with Crippen molar-refractivity contribution in [3.8, 4) is 0 Å². The van der Waals surface area contributed by atoms with E-state index in [1.54, 1.807) is 12.4 Å². The molecule has 1 atom stereocenters. The standard InChI is InChI=1S/C16H17ClN6/c17-14-8-13-3-4-15(20-16(13)18-9-14)22-6-1-2-12(10-22)11-23-7-5-19-21-23/h3-5,7-9,12H,1-2,6,10-11H2. The number of piperidine rings is 1. The van der Waals surface area contributed by atoms with Gasteiger partial charge in [0, 0.05) is 37.4 Å². The van der Waals surface area contributed by atoms with Crippen molar-refractivity contribution in [2.24, 2.45) is 5.92 Å². The number of pyridine rings is 2. The van der Waals surface area contributed by atoms with E-state index in [9.17, 15) is 0 Å². The number of fused-ring (bicyclic) bond motifs is 1. The smallest absolute Gasteiger partial charge is 0.161 e. The molecular formula is C16H17ClN6. The first-order valence-electron chi connectivity index (χ1n) is 7.79. The van der Waals surface area contributed by atoms with Crippen molar-refractivity contribution in [3.05, 3.63) is 41.8 Å². The van der Waals surface area contributed by atoms with Gasteiger partial charge < -0.3 is 4.90 Å². The summed E-state index contributed by atoms with van der Waals surface area (Å²) in [6.07, 6.45) is 7.65. The Hall–Kier alpha value is -2.21. The fraction of sp³-hybridized carbons (Fsp3) is 0.375. The number of nitrogens with zero attached hydrogens (tertiary/aromatic N) is 6. The van der Waals surface area contributed by atoms with Crippen LogP contribution in [0.2, 0.25) is 5.02 Å². The molecule has 1 unspecified atom stereocenters. The van der Waals surface area contributed by atoms with Crippen LogP contribution in [0, 0.1) is 5.92 Å². The molecule has 23 heavy (non-hydrogen) atoms. The molecule has 3 aromatic rings. The van der Waals surface area contributed by atoms with Crippen LogP contribution in [-0.2, 0) is 6.54 Å². The SMILES string of the molecule is Clc1cnc2nc(N3CCCC(Cn4ccnn4)C3)ccc2c1. The van der Waals surface area contributed by atoms with E-state index < -0.39 is 0 Å². The second kappa shape index (κ2) is 6.12. The lowest BCUT2D eigenvalue weighted by atomic mass is 9.98. The molecule has 3 aromatic heterocycles. The Kier molecular flexibility index (Phi) is 3.83. The maximum absolute atomic E-state index is 5.98. The molecule has 4 rings (SSSR count). The maximum Gasteiger partial charge on any atom is 0.161 e. The summed E-state index contributed by atoms with van der Waals surface area (Å²) < 4.78 is 1.91. The number of anilines is 1. The third kappa shape index (κ3) is 3.12. The van der Waals surface area contributed by atoms with E-state index in [-0.39, 0.29) is 0 Å². The van der Waals surface area contributed by atoms with Gasteiger partial charge in [0.05, 0.1) is 11.2 Å². The summed E-state index contributed by atoms with van der Waals surface area (Å²) in [5.41, 5.74) is 0.741. The summed E-state index contributed by atoms with van der Waals surface area (Å²) in [4.78, 5) is 11.4. The highest BCUT2D eigenvalue weighted by atomic mass is 35.5. The molecule has 0 bridgehead atoms. The molecular weight excluding hydrogens is 312 g/mol. The minimum atomic E-state index is 0.557. The number of rotatable bonds is 3. The lowest BCUT2D eigenvalue weighted by Crippen LogP contribution is -2.37. The Morgan fingerprint density at radius 1 is 1.30 bits per heavy atom. The summed E-state index contributed by atoms with van der Waals surface area (Å²) in [6.45, 7) is 2.91. The van der Waals surface area contributed by atoms with Gasteiger partial charge in [-0.1, -0.05) is 16.8 Å². The first-order valence-corrected chi connectivity index (χ1v) is 8.17. The van der Waals surface area contributed by atoms with Gasteiger partial charge in [-0.15, -0.1) is 5.10 Å². The summed E-state index contributed by atoms with van der Waals surface area (Å²) in [7, 11) is 0. The van der Waals surface area contributed by atoms with Crippen LogP contribution in [0.3, 0.4) is 0 Å². The Morgan fingerprint density at radius 3 is 3.13 bits per heavy atom. The Morgan fingerprint density at radius 2 is 2.26 bits per heavy atom.